The topological polar surface area (TPSA) is 44.5 Å². The molecule has 1 aliphatic rings. The highest BCUT2D eigenvalue weighted by molar-refractivity contribution is 5.34. The van der Waals surface area contributed by atoms with Gasteiger partial charge < -0.3 is 15.2 Å². The van der Waals surface area contributed by atoms with Crippen LogP contribution in [0.25, 0.3) is 0 Å². The van der Waals surface area contributed by atoms with Crippen molar-refractivity contribution in [2.24, 2.45) is 5.73 Å². The van der Waals surface area contributed by atoms with Crippen LogP contribution in [0.3, 0.4) is 0 Å². The fourth-order valence-electron chi connectivity index (χ4n) is 2.19. The van der Waals surface area contributed by atoms with Crippen molar-refractivity contribution in [3.05, 3.63) is 29.8 Å². The van der Waals surface area contributed by atoms with Gasteiger partial charge in [-0.2, -0.15) is 0 Å². The van der Waals surface area contributed by atoms with Crippen LogP contribution in [-0.4, -0.2) is 25.4 Å². The third-order valence-corrected chi connectivity index (χ3v) is 3.44. The van der Waals surface area contributed by atoms with E-state index >= 15 is 0 Å². The summed E-state index contributed by atoms with van der Waals surface area (Å²) in [6.45, 7) is 3.73. The first kappa shape index (κ1) is 13.4. The van der Waals surface area contributed by atoms with Gasteiger partial charge in [-0.15, -0.1) is 0 Å². The molecule has 1 aliphatic heterocycles. The van der Waals surface area contributed by atoms with Crippen molar-refractivity contribution in [2.75, 3.05) is 13.2 Å². The highest BCUT2D eigenvalue weighted by atomic mass is 16.5. The number of para-hydroxylation sites is 1. The molecule has 1 aromatic carbocycles. The first-order valence-corrected chi connectivity index (χ1v) is 6.87. The number of benzene rings is 1. The molecule has 1 atom stereocenters. The Morgan fingerprint density at radius 3 is 2.78 bits per heavy atom. The number of hydrogen-bond acceptors (Lipinski definition) is 3. The smallest absolute Gasteiger partial charge is 0.122 e. The molecule has 1 fully saturated rings. The number of rotatable bonds is 5. The van der Waals surface area contributed by atoms with Gasteiger partial charge in [0.25, 0.3) is 0 Å². The lowest BCUT2D eigenvalue weighted by Crippen LogP contribution is -2.27. The summed E-state index contributed by atoms with van der Waals surface area (Å²) in [5.74, 6) is 0.994. The zero-order chi connectivity index (χ0) is 12.8. The number of nitrogens with two attached hydrogens (primary N) is 1. The minimum atomic E-state index is 0.212. The maximum Gasteiger partial charge on any atom is 0.122 e. The highest BCUT2D eigenvalue weighted by Crippen LogP contribution is 2.23. The second-order valence-corrected chi connectivity index (χ2v) is 4.91. The molecular weight excluding hydrogens is 226 g/mol. The Labute approximate surface area is 109 Å². The van der Waals surface area contributed by atoms with Gasteiger partial charge in [0.15, 0.2) is 0 Å². The maximum absolute atomic E-state index is 6.10. The van der Waals surface area contributed by atoms with E-state index < -0.39 is 0 Å². The zero-order valence-corrected chi connectivity index (χ0v) is 11.1. The van der Waals surface area contributed by atoms with Gasteiger partial charge in [-0.1, -0.05) is 25.1 Å². The molecule has 1 saturated heterocycles. The van der Waals surface area contributed by atoms with Gasteiger partial charge in [-0.05, 0) is 24.5 Å². The SMILES string of the molecule is CCC(N)Cc1ccccc1OC1CCOCC1. The molecule has 0 bridgehead atoms. The van der Waals surface area contributed by atoms with Crippen molar-refractivity contribution in [1.29, 1.82) is 0 Å². The molecule has 18 heavy (non-hydrogen) atoms. The summed E-state index contributed by atoms with van der Waals surface area (Å²) >= 11 is 0. The van der Waals surface area contributed by atoms with Crippen LogP contribution >= 0.6 is 0 Å². The summed E-state index contributed by atoms with van der Waals surface area (Å²) in [6, 6.07) is 8.45. The van der Waals surface area contributed by atoms with Gasteiger partial charge in [-0.25, -0.2) is 0 Å². The molecule has 0 spiro atoms. The molecule has 0 amide bonds. The van der Waals surface area contributed by atoms with Crippen LogP contribution in [0.5, 0.6) is 5.75 Å². The number of ether oxygens (including phenoxy) is 2. The third kappa shape index (κ3) is 3.72. The molecule has 1 aromatic rings. The van der Waals surface area contributed by atoms with Gasteiger partial charge in [0.2, 0.25) is 0 Å². The second-order valence-electron chi connectivity index (χ2n) is 4.91. The Hall–Kier alpha value is -1.06. The van der Waals surface area contributed by atoms with Crippen molar-refractivity contribution in [3.8, 4) is 5.75 Å². The van der Waals surface area contributed by atoms with Crippen molar-refractivity contribution in [1.82, 2.24) is 0 Å². The van der Waals surface area contributed by atoms with Crippen LogP contribution in [0, 0.1) is 0 Å². The van der Waals surface area contributed by atoms with Gasteiger partial charge in [-0.3, -0.25) is 0 Å². The van der Waals surface area contributed by atoms with E-state index in [0.717, 1.165) is 44.6 Å². The summed E-state index contributed by atoms with van der Waals surface area (Å²) < 4.78 is 11.4. The summed E-state index contributed by atoms with van der Waals surface area (Å²) in [5, 5.41) is 0. The predicted molar refractivity (Wildman–Crippen MR) is 72.9 cm³/mol. The first-order chi connectivity index (χ1) is 8.79. The van der Waals surface area contributed by atoms with Crippen LogP contribution in [0.2, 0.25) is 0 Å². The Morgan fingerprint density at radius 1 is 1.33 bits per heavy atom. The van der Waals surface area contributed by atoms with Crippen molar-refractivity contribution in [2.45, 2.75) is 44.8 Å². The Balaban J connectivity index is 2.01. The van der Waals surface area contributed by atoms with Crippen LogP contribution in [0.15, 0.2) is 24.3 Å². The van der Waals surface area contributed by atoms with Crippen molar-refractivity contribution >= 4 is 0 Å². The first-order valence-electron chi connectivity index (χ1n) is 6.87. The molecular formula is C15H23NO2. The summed E-state index contributed by atoms with van der Waals surface area (Å²) in [7, 11) is 0. The van der Waals surface area contributed by atoms with E-state index in [1.807, 2.05) is 12.1 Å². The molecule has 3 heteroatoms. The molecule has 0 radical (unpaired) electrons. The fourth-order valence-corrected chi connectivity index (χ4v) is 2.19. The molecule has 0 aliphatic carbocycles. The molecule has 0 aromatic heterocycles. The summed E-state index contributed by atoms with van der Waals surface area (Å²) in [6.07, 6.45) is 4.13. The standard InChI is InChI=1S/C15H23NO2/c1-2-13(16)11-12-5-3-4-6-15(12)18-14-7-9-17-10-8-14/h3-6,13-14H,2,7-11,16H2,1H3. The Morgan fingerprint density at radius 2 is 2.06 bits per heavy atom. The second kappa shape index (κ2) is 6.76. The lowest BCUT2D eigenvalue weighted by Gasteiger charge is -2.25. The minimum Gasteiger partial charge on any atom is -0.490 e. The molecule has 0 saturated carbocycles. The average molecular weight is 249 g/mol. The molecule has 1 heterocycles. The Bertz CT molecular complexity index is 361. The summed E-state index contributed by atoms with van der Waals surface area (Å²) in [5.41, 5.74) is 7.25. The van der Waals surface area contributed by atoms with E-state index in [9.17, 15) is 0 Å². The van der Waals surface area contributed by atoms with Gasteiger partial charge in [0, 0.05) is 18.9 Å². The monoisotopic (exact) mass is 249 g/mol. The van der Waals surface area contributed by atoms with E-state index in [1.165, 1.54) is 5.56 Å². The molecule has 2 N–H and O–H groups in total. The van der Waals surface area contributed by atoms with Gasteiger partial charge >= 0.3 is 0 Å². The maximum atomic E-state index is 6.10. The van der Waals surface area contributed by atoms with E-state index in [-0.39, 0.29) is 12.1 Å². The lowest BCUT2D eigenvalue weighted by atomic mass is 10.0. The van der Waals surface area contributed by atoms with Crippen LogP contribution in [-0.2, 0) is 11.2 Å². The van der Waals surface area contributed by atoms with Crippen LogP contribution in [0.1, 0.15) is 31.7 Å². The minimum absolute atomic E-state index is 0.212. The highest BCUT2D eigenvalue weighted by Gasteiger charge is 2.17. The van der Waals surface area contributed by atoms with Crippen LogP contribution < -0.4 is 10.5 Å². The molecule has 3 nitrogen and oxygen atoms in total. The average Bonchev–Trinajstić information content (AvgIpc) is 2.42. The van der Waals surface area contributed by atoms with Gasteiger partial charge in [0.05, 0.1) is 13.2 Å². The van der Waals surface area contributed by atoms with E-state index in [4.69, 9.17) is 15.2 Å². The molecule has 1 unspecified atom stereocenters. The quantitative estimate of drug-likeness (QED) is 0.872. The summed E-state index contributed by atoms with van der Waals surface area (Å²) in [4.78, 5) is 0. The number of hydrogen-bond donors (Lipinski definition) is 1. The van der Waals surface area contributed by atoms with E-state index in [1.54, 1.807) is 0 Å². The largest absolute Gasteiger partial charge is 0.490 e. The van der Waals surface area contributed by atoms with Gasteiger partial charge in [0.1, 0.15) is 11.9 Å². The predicted octanol–water partition coefficient (Wildman–Crippen LogP) is 2.52. The van der Waals surface area contributed by atoms with E-state index in [0.29, 0.717) is 0 Å². The van der Waals surface area contributed by atoms with Crippen LogP contribution in [0.4, 0.5) is 0 Å². The van der Waals surface area contributed by atoms with Crippen molar-refractivity contribution in [3.63, 3.8) is 0 Å². The lowest BCUT2D eigenvalue weighted by molar-refractivity contribution is 0.0251. The molecule has 100 valence electrons. The fraction of sp³-hybridized carbons (Fsp3) is 0.600. The van der Waals surface area contributed by atoms with E-state index in [2.05, 4.69) is 19.1 Å². The molecule has 2 rings (SSSR count). The Kier molecular flexibility index (Phi) is 5.02. The zero-order valence-electron chi connectivity index (χ0n) is 11.1. The van der Waals surface area contributed by atoms with Crippen molar-refractivity contribution < 1.29 is 9.47 Å². The normalized spacial score (nSPS) is 18.6. The third-order valence-electron chi connectivity index (χ3n) is 3.44.